The van der Waals surface area contributed by atoms with Gasteiger partial charge in [0.25, 0.3) is 5.56 Å². The number of nitrogens with zero attached hydrogens (tertiary/aromatic N) is 4. The average molecular weight is 365 g/mol. The van der Waals surface area contributed by atoms with Gasteiger partial charge in [0.05, 0.1) is 24.3 Å². The van der Waals surface area contributed by atoms with Crippen LogP contribution in [0.1, 0.15) is 25.3 Å². The van der Waals surface area contributed by atoms with Gasteiger partial charge in [0.1, 0.15) is 11.2 Å². The lowest BCUT2D eigenvalue weighted by atomic mass is 10.0. The van der Waals surface area contributed by atoms with Crippen LogP contribution in [-0.2, 0) is 0 Å². The number of H-pyrrole nitrogens is 1. The molecule has 4 heterocycles. The number of fused-ring (bicyclic) bond motifs is 3. The van der Waals surface area contributed by atoms with E-state index >= 15 is 0 Å². The third kappa shape index (κ3) is 3.18. The number of hydrogen-bond acceptors (Lipinski definition) is 4. The maximum Gasteiger partial charge on any atom is 0.390 e. The molecular weight excluding hydrogens is 347 g/mol. The number of piperidine rings is 1. The molecule has 138 valence electrons. The van der Waals surface area contributed by atoms with Gasteiger partial charge in [-0.25, -0.2) is 9.97 Å². The van der Waals surface area contributed by atoms with Crippen molar-refractivity contribution in [1.82, 2.24) is 24.4 Å². The summed E-state index contributed by atoms with van der Waals surface area (Å²) in [6, 6.07) is 1.80. The fourth-order valence-electron chi connectivity index (χ4n) is 3.68. The van der Waals surface area contributed by atoms with Crippen LogP contribution in [0.2, 0.25) is 0 Å². The van der Waals surface area contributed by atoms with E-state index in [1.807, 2.05) is 11.0 Å². The van der Waals surface area contributed by atoms with Crippen LogP contribution in [0.25, 0.3) is 22.1 Å². The standard InChI is InChI=1S/C17H18F3N5O/c18-17(19,20)4-8-24-6-2-11(3-7-24)25-14(26)10-22-13-9-23-16-12(15(13)25)1-5-21-16/h1,5,9-11H,2-4,6-8H2,(H,21,23). The van der Waals surface area contributed by atoms with Crippen LogP contribution in [0.4, 0.5) is 13.2 Å². The van der Waals surface area contributed by atoms with Gasteiger partial charge in [-0.1, -0.05) is 0 Å². The summed E-state index contributed by atoms with van der Waals surface area (Å²) in [6.45, 7) is 1.09. The molecule has 0 aliphatic carbocycles. The van der Waals surface area contributed by atoms with Gasteiger partial charge in [0.2, 0.25) is 0 Å². The second-order valence-corrected chi connectivity index (χ2v) is 6.64. The first kappa shape index (κ1) is 17.0. The molecule has 0 saturated carbocycles. The van der Waals surface area contributed by atoms with E-state index < -0.39 is 12.6 Å². The number of pyridine rings is 1. The zero-order valence-electron chi connectivity index (χ0n) is 14.0. The van der Waals surface area contributed by atoms with E-state index in [4.69, 9.17) is 0 Å². The fourth-order valence-corrected chi connectivity index (χ4v) is 3.68. The van der Waals surface area contributed by atoms with Crippen molar-refractivity contribution < 1.29 is 13.2 Å². The molecule has 1 fully saturated rings. The largest absolute Gasteiger partial charge is 0.390 e. The molecule has 4 rings (SSSR count). The molecule has 1 aliphatic heterocycles. The van der Waals surface area contributed by atoms with E-state index in [-0.39, 0.29) is 18.1 Å². The summed E-state index contributed by atoms with van der Waals surface area (Å²) in [5.41, 5.74) is 1.86. The lowest BCUT2D eigenvalue weighted by Gasteiger charge is -2.33. The maximum absolute atomic E-state index is 12.5. The number of likely N-dealkylation sites (tertiary alicyclic amines) is 1. The molecule has 0 bridgehead atoms. The molecule has 3 aromatic rings. The lowest BCUT2D eigenvalue weighted by molar-refractivity contribution is -0.138. The van der Waals surface area contributed by atoms with E-state index in [1.54, 1.807) is 17.0 Å². The zero-order chi connectivity index (χ0) is 18.3. The summed E-state index contributed by atoms with van der Waals surface area (Å²) < 4.78 is 39.0. The third-order valence-corrected chi connectivity index (χ3v) is 4.97. The highest BCUT2D eigenvalue weighted by molar-refractivity contribution is 6.00. The first-order chi connectivity index (χ1) is 12.4. The Balaban J connectivity index is 1.63. The van der Waals surface area contributed by atoms with Crippen molar-refractivity contribution in [3.63, 3.8) is 0 Å². The molecule has 0 aromatic carbocycles. The van der Waals surface area contributed by atoms with Crippen molar-refractivity contribution in [3.05, 3.63) is 35.0 Å². The van der Waals surface area contributed by atoms with Crippen molar-refractivity contribution in [2.24, 2.45) is 0 Å². The molecule has 3 aromatic heterocycles. The van der Waals surface area contributed by atoms with E-state index in [1.165, 1.54) is 6.20 Å². The van der Waals surface area contributed by atoms with Crippen LogP contribution in [-0.4, -0.2) is 50.2 Å². The van der Waals surface area contributed by atoms with Gasteiger partial charge in [-0.3, -0.25) is 4.79 Å². The number of alkyl halides is 3. The van der Waals surface area contributed by atoms with Crippen LogP contribution in [0.15, 0.2) is 29.5 Å². The first-order valence-electron chi connectivity index (χ1n) is 8.55. The Bertz CT molecular complexity index is 985. The molecule has 0 spiro atoms. The minimum absolute atomic E-state index is 0.00812. The van der Waals surface area contributed by atoms with Gasteiger partial charge in [-0.2, -0.15) is 13.2 Å². The molecule has 9 heteroatoms. The molecule has 0 atom stereocenters. The second kappa shape index (κ2) is 6.39. The van der Waals surface area contributed by atoms with Crippen LogP contribution in [0, 0.1) is 0 Å². The van der Waals surface area contributed by atoms with E-state index in [0.29, 0.717) is 37.1 Å². The van der Waals surface area contributed by atoms with Gasteiger partial charge in [0.15, 0.2) is 0 Å². The Labute approximate surface area is 146 Å². The van der Waals surface area contributed by atoms with Gasteiger partial charge >= 0.3 is 6.18 Å². The Morgan fingerprint density at radius 1 is 1.19 bits per heavy atom. The van der Waals surface area contributed by atoms with Crippen molar-refractivity contribution in [2.75, 3.05) is 19.6 Å². The van der Waals surface area contributed by atoms with Gasteiger partial charge in [0, 0.05) is 37.3 Å². The van der Waals surface area contributed by atoms with Crippen molar-refractivity contribution in [2.45, 2.75) is 31.5 Å². The lowest BCUT2D eigenvalue weighted by Crippen LogP contribution is -2.39. The summed E-state index contributed by atoms with van der Waals surface area (Å²) >= 11 is 0. The van der Waals surface area contributed by atoms with E-state index in [9.17, 15) is 18.0 Å². The number of aromatic nitrogens is 4. The molecular formula is C17H18F3N5O. The Hall–Kier alpha value is -2.42. The molecule has 0 amide bonds. The highest BCUT2D eigenvalue weighted by Gasteiger charge is 2.30. The normalized spacial score (nSPS) is 17.3. The molecule has 1 N–H and O–H groups in total. The van der Waals surface area contributed by atoms with Gasteiger partial charge in [-0.15, -0.1) is 0 Å². The van der Waals surface area contributed by atoms with Crippen LogP contribution in [0.3, 0.4) is 0 Å². The number of rotatable bonds is 3. The van der Waals surface area contributed by atoms with Crippen molar-refractivity contribution >= 4 is 22.1 Å². The Kier molecular flexibility index (Phi) is 4.18. The predicted octanol–water partition coefficient (Wildman–Crippen LogP) is 2.86. The highest BCUT2D eigenvalue weighted by Crippen LogP contribution is 2.28. The summed E-state index contributed by atoms with van der Waals surface area (Å²) in [7, 11) is 0. The number of aromatic amines is 1. The summed E-state index contributed by atoms with van der Waals surface area (Å²) in [5.74, 6) is 0. The molecule has 1 saturated heterocycles. The minimum atomic E-state index is -4.14. The topological polar surface area (TPSA) is 66.8 Å². The predicted molar refractivity (Wildman–Crippen MR) is 91.0 cm³/mol. The monoisotopic (exact) mass is 365 g/mol. The number of halogens is 3. The number of hydrogen-bond donors (Lipinski definition) is 1. The molecule has 26 heavy (non-hydrogen) atoms. The second-order valence-electron chi connectivity index (χ2n) is 6.64. The summed E-state index contributed by atoms with van der Waals surface area (Å²) in [5, 5.41) is 0.826. The summed E-state index contributed by atoms with van der Waals surface area (Å²) in [6.07, 6.45) is 1.00. The van der Waals surface area contributed by atoms with Crippen molar-refractivity contribution in [3.8, 4) is 0 Å². The Morgan fingerprint density at radius 3 is 2.69 bits per heavy atom. The fraction of sp³-hybridized carbons (Fsp3) is 0.471. The van der Waals surface area contributed by atoms with Gasteiger partial charge < -0.3 is 14.5 Å². The van der Waals surface area contributed by atoms with Crippen LogP contribution >= 0.6 is 0 Å². The molecule has 0 radical (unpaired) electrons. The summed E-state index contributed by atoms with van der Waals surface area (Å²) in [4.78, 5) is 25.9. The maximum atomic E-state index is 12.5. The smallest absolute Gasteiger partial charge is 0.346 e. The zero-order valence-corrected chi connectivity index (χ0v) is 14.0. The SMILES string of the molecule is O=c1cnc2cnc3[nH]ccc3c2n1C1CCN(CCC(F)(F)F)CC1. The quantitative estimate of drug-likeness (QED) is 0.775. The van der Waals surface area contributed by atoms with Crippen molar-refractivity contribution in [1.29, 1.82) is 0 Å². The molecule has 0 unspecified atom stereocenters. The van der Waals surface area contributed by atoms with Gasteiger partial charge in [-0.05, 0) is 18.9 Å². The van der Waals surface area contributed by atoms with E-state index in [0.717, 1.165) is 10.9 Å². The van der Waals surface area contributed by atoms with Crippen LogP contribution < -0.4 is 5.56 Å². The average Bonchev–Trinajstić information content (AvgIpc) is 3.09. The molecule has 6 nitrogen and oxygen atoms in total. The Morgan fingerprint density at radius 2 is 1.96 bits per heavy atom. The number of nitrogens with one attached hydrogen (secondary N) is 1. The third-order valence-electron chi connectivity index (χ3n) is 4.97. The first-order valence-corrected chi connectivity index (χ1v) is 8.55. The minimum Gasteiger partial charge on any atom is -0.346 e. The molecule has 1 aliphatic rings. The van der Waals surface area contributed by atoms with Crippen LogP contribution in [0.5, 0.6) is 0 Å². The van der Waals surface area contributed by atoms with E-state index in [2.05, 4.69) is 15.0 Å². The highest BCUT2D eigenvalue weighted by atomic mass is 19.4.